The summed E-state index contributed by atoms with van der Waals surface area (Å²) in [5, 5.41) is 9.02. The molecule has 0 bridgehead atoms. The van der Waals surface area contributed by atoms with Gasteiger partial charge in [-0.05, 0) is 52.9 Å². The maximum Gasteiger partial charge on any atom is 0.173 e. The highest BCUT2D eigenvalue weighted by Gasteiger charge is 2.28. The van der Waals surface area contributed by atoms with Crippen LogP contribution in [0.15, 0.2) is 57.5 Å². The minimum atomic E-state index is 0. The molecule has 0 unspecified atom stereocenters. The van der Waals surface area contributed by atoms with E-state index in [4.69, 9.17) is 28.2 Å². The van der Waals surface area contributed by atoms with Gasteiger partial charge in [-0.15, -0.1) is 24.8 Å². The number of aliphatic imine (C=N–C) groups is 2. The van der Waals surface area contributed by atoms with Crippen LogP contribution < -0.4 is 5.32 Å². The summed E-state index contributed by atoms with van der Waals surface area (Å²) in [5.41, 5.74) is 5.61. The second-order valence-corrected chi connectivity index (χ2v) is 8.99. The van der Waals surface area contributed by atoms with Gasteiger partial charge < -0.3 is 10.2 Å². The molecule has 0 fully saturated rings. The fourth-order valence-electron chi connectivity index (χ4n) is 3.15. The number of hydrogen-bond donors (Lipinski definition) is 1. The van der Waals surface area contributed by atoms with Gasteiger partial charge >= 0.3 is 0 Å². The number of amidine groups is 2. The van der Waals surface area contributed by atoms with Crippen molar-refractivity contribution < 1.29 is 0 Å². The highest BCUT2D eigenvalue weighted by Crippen LogP contribution is 2.38. The van der Waals surface area contributed by atoms with Crippen molar-refractivity contribution in [2.75, 3.05) is 11.1 Å². The first kappa shape index (κ1) is 22.7. The number of benzene rings is 2. The molecular formula is C19H16Cl4N4S2. The SMILES string of the molecule is Cl.Cl.Clc1ccc2c(c1)CN1C(CSC3=NCc4cc(Cl)ccc4N3)=CSC1=N2. The second kappa shape index (κ2) is 9.41. The monoisotopic (exact) mass is 504 g/mol. The summed E-state index contributed by atoms with van der Waals surface area (Å²) in [5.74, 6) is 0.830. The average Bonchev–Trinajstić information content (AvgIpc) is 3.06. The van der Waals surface area contributed by atoms with E-state index in [0.717, 1.165) is 55.2 Å². The van der Waals surface area contributed by atoms with E-state index in [1.54, 1.807) is 23.5 Å². The fourth-order valence-corrected chi connectivity index (χ4v) is 5.42. The summed E-state index contributed by atoms with van der Waals surface area (Å²) in [7, 11) is 0. The van der Waals surface area contributed by atoms with Crippen LogP contribution in [0.2, 0.25) is 10.0 Å². The molecule has 0 aromatic heterocycles. The van der Waals surface area contributed by atoms with Gasteiger partial charge in [0.15, 0.2) is 10.3 Å². The molecule has 0 saturated heterocycles. The van der Waals surface area contributed by atoms with Gasteiger partial charge in [0.1, 0.15) is 0 Å². The Morgan fingerprint density at radius 1 is 1.07 bits per heavy atom. The van der Waals surface area contributed by atoms with Crippen LogP contribution in [-0.2, 0) is 13.1 Å². The van der Waals surface area contributed by atoms with Crippen LogP contribution in [0.5, 0.6) is 0 Å². The second-order valence-electron chi connectivity index (χ2n) is 6.32. The van der Waals surface area contributed by atoms with Crippen LogP contribution in [-0.4, -0.2) is 21.0 Å². The minimum absolute atomic E-state index is 0. The molecule has 3 heterocycles. The molecule has 3 aliphatic rings. The highest BCUT2D eigenvalue weighted by molar-refractivity contribution is 8.17. The zero-order valence-corrected chi connectivity index (χ0v) is 19.7. The van der Waals surface area contributed by atoms with Crippen LogP contribution >= 0.6 is 71.5 Å². The third-order valence-corrected chi connectivity index (χ3v) is 6.85. The fraction of sp³-hybridized carbons (Fsp3) is 0.158. The standard InChI is InChI=1S/C19H14Cl2N4S2.2ClH/c20-13-1-3-16-11(5-13)7-22-18(23-16)26-9-15-10-27-19-24-17-4-2-14(21)6-12(17)8-25(15)19;;/h1-6,10H,7-9H2,(H,22,23);2*1H. The lowest BCUT2D eigenvalue weighted by Gasteiger charge is -2.27. The third-order valence-electron chi connectivity index (χ3n) is 4.52. The Labute approximate surface area is 200 Å². The predicted molar refractivity (Wildman–Crippen MR) is 133 cm³/mol. The Balaban J connectivity index is 0.00000120. The van der Waals surface area contributed by atoms with Gasteiger partial charge in [0.05, 0.1) is 18.8 Å². The van der Waals surface area contributed by atoms with E-state index in [2.05, 4.69) is 20.6 Å². The van der Waals surface area contributed by atoms with Crippen LogP contribution in [0.1, 0.15) is 11.1 Å². The Kier molecular flexibility index (Phi) is 7.36. The summed E-state index contributed by atoms with van der Waals surface area (Å²) in [6.45, 7) is 1.46. The number of hydrogen-bond acceptors (Lipinski definition) is 6. The van der Waals surface area contributed by atoms with E-state index in [1.807, 2.05) is 36.4 Å². The normalized spacial score (nSPS) is 16.1. The maximum absolute atomic E-state index is 6.15. The van der Waals surface area contributed by atoms with Crippen molar-refractivity contribution in [2.24, 2.45) is 9.98 Å². The Morgan fingerprint density at radius 2 is 1.83 bits per heavy atom. The first-order chi connectivity index (χ1) is 13.2. The molecule has 0 amide bonds. The van der Waals surface area contributed by atoms with Crippen molar-refractivity contribution in [1.82, 2.24) is 4.90 Å². The summed E-state index contributed by atoms with van der Waals surface area (Å²) in [4.78, 5) is 11.7. The van der Waals surface area contributed by atoms with Crippen molar-refractivity contribution in [3.63, 3.8) is 0 Å². The number of anilines is 1. The molecule has 3 aliphatic heterocycles. The predicted octanol–water partition coefficient (Wildman–Crippen LogP) is 6.94. The molecule has 2 aromatic rings. The molecule has 2 aromatic carbocycles. The molecule has 10 heteroatoms. The van der Waals surface area contributed by atoms with Gasteiger partial charge in [0.25, 0.3) is 0 Å². The van der Waals surface area contributed by atoms with Gasteiger partial charge in [0.2, 0.25) is 0 Å². The quantitative estimate of drug-likeness (QED) is 0.479. The van der Waals surface area contributed by atoms with Crippen LogP contribution in [0.3, 0.4) is 0 Å². The molecule has 152 valence electrons. The van der Waals surface area contributed by atoms with E-state index in [-0.39, 0.29) is 24.8 Å². The maximum atomic E-state index is 6.15. The first-order valence-corrected chi connectivity index (χ1v) is 11.0. The summed E-state index contributed by atoms with van der Waals surface area (Å²) in [6.07, 6.45) is 0. The van der Waals surface area contributed by atoms with Crippen LogP contribution in [0.4, 0.5) is 11.4 Å². The Bertz CT molecular complexity index is 1040. The molecule has 0 atom stereocenters. The molecule has 29 heavy (non-hydrogen) atoms. The smallest absolute Gasteiger partial charge is 0.173 e. The molecule has 1 N–H and O–H groups in total. The zero-order chi connectivity index (χ0) is 18.4. The van der Waals surface area contributed by atoms with E-state index < -0.39 is 0 Å². The summed E-state index contributed by atoms with van der Waals surface area (Å²) >= 11 is 15.6. The largest absolute Gasteiger partial charge is 0.335 e. The molecule has 0 spiro atoms. The minimum Gasteiger partial charge on any atom is -0.335 e. The lowest BCUT2D eigenvalue weighted by Crippen LogP contribution is -2.28. The van der Waals surface area contributed by atoms with Gasteiger partial charge in [-0.2, -0.15) is 0 Å². The van der Waals surface area contributed by atoms with Crippen LogP contribution in [0, 0.1) is 0 Å². The van der Waals surface area contributed by atoms with Crippen LogP contribution in [0.25, 0.3) is 0 Å². The molecule has 0 radical (unpaired) electrons. The van der Waals surface area contributed by atoms with Crippen molar-refractivity contribution in [3.05, 3.63) is 68.7 Å². The number of thioether (sulfide) groups is 2. The lowest BCUT2D eigenvalue weighted by atomic mass is 10.1. The molecular weight excluding hydrogens is 490 g/mol. The first-order valence-electron chi connectivity index (χ1n) is 8.39. The third kappa shape index (κ3) is 4.68. The number of nitrogens with zero attached hydrogens (tertiary/aromatic N) is 3. The Morgan fingerprint density at radius 3 is 2.66 bits per heavy atom. The molecule has 4 nitrogen and oxygen atoms in total. The zero-order valence-electron chi connectivity index (χ0n) is 14.9. The van der Waals surface area contributed by atoms with Crippen molar-refractivity contribution in [1.29, 1.82) is 0 Å². The molecule has 0 saturated carbocycles. The number of rotatable bonds is 2. The summed E-state index contributed by atoms with van der Waals surface area (Å²) in [6, 6.07) is 11.7. The molecule has 5 rings (SSSR count). The highest BCUT2D eigenvalue weighted by atomic mass is 35.5. The van der Waals surface area contributed by atoms with Gasteiger partial charge in [-0.3, -0.25) is 4.99 Å². The topological polar surface area (TPSA) is 40.0 Å². The van der Waals surface area contributed by atoms with Crippen molar-refractivity contribution in [3.8, 4) is 0 Å². The van der Waals surface area contributed by atoms with Gasteiger partial charge in [-0.25, -0.2) is 4.99 Å². The van der Waals surface area contributed by atoms with E-state index in [1.165, 1.54) is 5.70 Å². The van der Waals surface area contributed by atoms with E-state index >= 15 is 0 Å². The lowest BCUT2D eigenvalue weighted by molar-refractivity contribution is 0.519. The number of nitrogens with one attached hydrogen (secondary N) is 1. The van der Waals surface area contributed by atoms with Gasteiger partial charge in [-0.1, -0.05) is 46.7 Å². The average molecular weight is 506 g/mol. The van der Waals surface area contributed by atoms with E-state index in [9.17, 15) is 0 Å². The van der Waals surface area contributed by atoms with Crippen molar-refractivity contribution >= 4 is 93.2 Å². The van der Waals surface area contributed by atoms with Crippen molar-refractivity contribution in [2.45, 2.75) is 13.1 Å². The summed E-state index contributed by atoms with van der Waals surface area (Å²) < 4.78 is 0. The Hall–Kier alpha value is -1.02. The van der Waals surface area contributed by atoms with Gasteiger partial charge in [0, 0.05) is 27.2 Å². The molecule has 0 aliphatic carbocycles. The number of fused-ring (bicyclic) bond motifs is 3. The van der Waals surface area contributed by atoms with E-state index in [0.29, 0.717) is 6.54 Å². The number of halogens is 4.